The highest BCUT2D eigenvalue weighted by Crippen LogP contribution is 2.62. The van der Waals surface area contributed by atoms with Crippen LogP contribution in [0.2, 0.25) is 0 Å². The molecule has 1 saturated carbocycles. The van der Waals surface area contributed by atoms with E-state index in [9.17, 15) is 0 Å². The molecule has 67 heavy (non-hydrogen) atoms. The van der Waals surface area contributed by atoms with Gasteiger partial charge in [0.05, 0.1) is 11.4 Å². The maximum Gasteiger partial charge on any atom is 0.160 e. The molecule has 0 spiro atoms. The number of rotatable bonds is 9. The van der Waals surface area contributed by atoms with Gasteiger partial charge in [-0.15, -0.1) is 11.3 Å². The molecule has 9 aromatic carbocycles. The fourth-order valence-corrected chi connectivity index (χ4v) is 12.4. The standard InChI is InChI=1S/C64H48N2S/c1-6-19-43(20-7-1)55-41-56(44-21-8-2-9-22-44)61(49-25-12-4-13-26-49)62(60(55)48-23-10-3-11-24-48)50-39-37-47(38-40-50)58-42-57(65-64(66-58)51-27-14-5-15-28-51)46-35-33-45(34-36-46)52-30-18-31-54-53-29-16-17-32-59(53)67-63(52)54/h1-40,42,55-56,60-62H,41H2. The Kier molecular flexibility index (Phi) is 10.9. The lowest BCUT2D eigenvalue weighted by molar-refractivity contribution is 0.264. The number of nitrogens with zero attached hydrogens (tertiary/aromatic N) is 2. The van der Waals surface area contributed by atoms with E-state index < -0.39 is 0 Å². The first kappa shape index (κ1) is 40.8. The van der Waals surface area contributed by atoms with Crippen molar-refractivity contribution in [2.45, 2.75) is 36.0 Å². The van der Waals surface area contributed by atoms with E-state index in [1.807, 2.05) is 17.4 Å². The minimum atomic E-state index is 0.181. The predicted molar refractivity (Wildman–Crippen MR) is 281 cm³/mol. The molecular weight excluding hydrogens is 829 g/mol. The van der Waals surface area contributed by atoms with Crippen LogP contribution in [0.15, 0.2) is 249 Å². The Hall–Kier alpha value is -7.72. The summed E-state index contributed by atoms with van der Waals surface area (Å²) in [7, 11) is 0. The van der Waals surface area contributed by atoms with Gasteiger partial charge < -0.3 is 0 Å². The van der Waals surface area contributed by atoms with Gasteiger partial charge in [-0.05, 0) is 87.1 Å². The summed E-state index contributed by atoms with van der Waals surface area (Å²) in [5, 5.41) is 2.62. The van der Waals surface area contributed by atoms with Gasteiger partial charge in [-0.25, -0.2) is 9.97 Å². The van der Waals surface area contributed by atoms with Crippen LogP contribution in [0.1, 0.15) is 63.8 Å². The van der Waals surface area contributed by atoms with Gasteiger partial charge in [-0.1, -0.05) is 237 Å². The zero-order chi connectivity index (χ0) is 44.5. The summed E-state index contributed by atoms with van der Waals surface area (Å²) >= 11 is 1.87. The number of benzene rings is 9. The predicted octanol–water partition coefficient (Wildman–Crippen LogP) is 17.1. The summed E-state index contributed by atoms with van der Waals surface area (Å²) < 4.78 is 2.63. The van der Waals surface area contributed by atoms with Crippen LogP contribution in [0.25, 0.3) is 65.2 Å². The first-order valence-corrected chi connectivity index (χ1v) is 24.3. The Balaban J connectivity index is 0.970. The van der Waals surface area contributed by atoms with Crippen molar-refractivity contribution >= 4 is 31.5 Å². The van der Waals surface area contributed by atoms with Gasteiger partial charge in [-0.2, -0.15) is 0 Å². The average molecular weight is 877 g/mol. The van der Waals surface area contributed by atoms with Gasteiger partial charge in [0.15, 0.2) is 5.82 Å². The Labute approximate surface area is 397 Å². The molecule has 0 bridgehead atoms. The molecule has 3 heteroatoms. The minimum absolute atomic E-state index is 0.181. The van der Waals surface area contributed by atoms with Crippen LogP contribution >= 0.6 is 11.3 Å². The van der Waals surface area contributed by atoms with Crippen molar-refractivity contribution in [3.8, 4) is 45.0 Å². The van der Waals surface area contributed by atoms with Gasteiger partial charge in [-0.3, -0.25) is 0 Å². The lowest BCUT2D eigenvalue weighted by atomic mass is 9.54. The molecule has 1 aliphatic rings. The summed E-state index contributed by atoms with van der Waals surface area (Å²) in [6.07, 6.45) is 1.05. The van der Waals surface area contributed by atoms with Gasteiger partial charge in [0, 0.05) is 36.9 Å². The molecule has 2 heterocycles. The summed E-state index contributed by atoms with van der Waals surface area (Å²) in [5.74, 6) is 1.99. The first-order chi connectivity index (χ1) is 33.2. The lowest BCUT2D eigenvalue weighted by Gasteiger charge is -2.49. The highest BCUT2D eigenvalue weighted by Gasteiger charge is 2.47. The third kappa shape index (κ3) is 7.86. The molecule has 320 valence electrons. The van der Waals surface area contributed by atoms with Gasteiger partial charge >= 0.3 is 0 Å². The summed E-state index contributed by atoms with van der Waals surface area (Å²) in [4.78, 5) is 10.5. The summed E-state index contributed by atoms with van der Waals surface area (Å²) in [5.41, 5.74) is 14.3. The topological polar surface area (TPSA) is 25.8 Å². The van der Waals surface area contributed by atoms with Gasteiger partial charge in [0.2, 0.25) is 0 Å². The van der Waals surface area contributed by atoms with E-state index in [2.05, 4.69) is 243 Å². The average Bonchev–Trinajstić information content (AvgIpc) is 3.81. The van der Waals surface area contributed by atoms with E-state index in [0.717, 1.165) is 34.5 Å². The van der Waals surface area contributed by atoms with Crippen molar-refractivity contribution in [1.29, 1.82) is 0 Å². The second-order valence-electron chi connectivity index (χ2n) is 18.0. The molecule has 2 aromatic heterocycles. The molecule has 0 amide bonds. The molecule has 2 nitrogen and oxygen atoms in total. The normalized spacial score (nSPS) is 18.2. The highest BCUT2D eigenvalue weighted by molar-refractivity contribution is 7.26. The van der Waals surface area contributed by atoms with Crippen molar-refractivity contribution < 1.29 is 0 Å². The second kappa shape index (κ2) is 17.9. The highest BCUT2D eigenvalue weighted by atomic mass is 32.1. The Morgan fingerprint density at radius 2 is 0.761 bits per heavy atom. The number of thiophene rings is 1. The van der Waals surface area contributed by atoms with Crippen LogP contribution in [0.3, 0.4) is 0 Å². The molecule has 0 aliphatic heterocycles. The summed E-state index contributed by atoms with van der Waals surface area (Å²) in [6.45, 7) is 0. The van der Waals surface area contributed by atoms with E-state index in [4.69, 9.17) is 9.97 Å². The molecule has 4 atom stereocenters. The number of fused-ring (bicyclic) bond motifs is 3. The fraction of sp³-hybridized carbons (Fsp3) is 0.0938. The van der Waals surface area contributed by atoms with Gasteiger partial charge in [0.25, 0.3) is 0 Å². The number of hydrogen-bond acceptors (Lipinski definition) is 3. The zero-order valence-electron chi connectivity index (χ0n) is 37.1. The largest absolute Gasteiger partial charge is 0.228 e. The van der Waals surface area contributed by atoms with E-state index in [0.29, 0.717) is 17.7 Å². The van der Waals surface area contributed by atoms with Crippen molar-refractivity contribution in [2.24, 2.45) is 0 Å². The zero-order valence-corrected chi connectivity index (χ0v) is 37.9. The molecule has 11 aromatic rings. The molecule has 1 fully saturated rings. The van der Waals surface area contributed by atoms with Gasteiger partial charge in [0.1, 0.15) is 0 Å². The molecule has 12 rings (SSSR count). The third-order valence-corrected chi connectivity index (χ3v) is 15.4. The molecule has 0 radical (unpaired) electrons. The van der Waals surface area contributed by atoms with Crippen LogP contribution < -0.4 is 0 Å². The molecule has 0 saturated heterocycles. The van der Waals surface area contributed by atoms with Crippen LogP contribution in [-0.2, 0) is 0 Å². The van der Waals surface area contributed by atoms with E-state index >= 15 is 0 Å². The minimum Gasteiger partial charge on any atom is -0.228 e. The van der Waals surface area contributed by atoms with Crippen molar-refractivity contribution in [3.05, 3.63) is 277 Å². The Bertz CT molecular complexity index is 3340. The second-order valence-corrected chi connectivity index (χ2v) is 19.0. The Morgan fingerprint density at radius 1 is 0.328 bits per heavy atom. The maximum absolute atomic E-state index is 5.28. The van der Waals surface area contributed by atoms with Crippen LogP contribution in [0.4, 0.5) is 0 Å². The maximum atomic E-state index is 5.28. The van der Waals surface area contributed by atoms with E-state index in [1.54, 1.807) is 0 Å². The fourth-order valence-electron chi connectivity index (χ4n) is 11.2. The Morgan fingerprint density at radius 3 is 1.31 bits per heavy atom. The van der Waals surface area contributed by atoms with E-state index in [-0.39, 0.29) is 17.8 Å². The van der Waals surface area contributed by atoms with Crippen LogP contribution in [-0.4, -0.2) is 9.97 Å². The van der Waals surface area contributed by atoms with E-state index in [1.165, 1.54) is 59.1 Å². The smallest absolute Gasteiger partial charge is 0.160 e. The molecular formula is C64H48N2S. The number of hydrogen-bond donors (Lipinski definition) is 0. The monoisotopic (exact) mass is 876 g/mol. The van der Waals surface area contributed by atoms with Crippen molar-refractivity contribution in [3.63, 3.8) is 0 Å². The summed E-state index contributed by atoms with van der Waals surface area (Å²) in [6, 6.07) is 91.4. The van der Waals surface area contributed by atoms with Crippen LogP contribution in [0, 0.1) is 0 Å². The lowest BCUT2D eigenvalue weighted by Crippen LogP contribution is -2.34. The van der Waals surface area contributed by atoms with Crippen LogP contribution in [0.5, 0.6) is 0 Å². The third-order valence-electron chi connectivity index (χ3n) is 14.2. The number of aromatic nitrogens is 2. The SMILES string of the molecule is c1ccc(-c2nc(-c3ccc(-c4cccc5c4sc4ccccc45)cc3)cc(-c3ccc(C4C(c5ccccc5)C(c5ccccc5)CC(c5ccccc5)C4c4ccccc4)cc3)n2)cc1. The molecule has 1 aliphatic carbocycles. The van der Waals surface area contributed by atoms with Crippen molar-refractivity contribution in [1.82, 2.24) is 9.97 Å². The van der Waals surface area contributed by atoms with Crippen molar-refractivity contribution in [2.75, 3.05) is 0 Å². The quantitative estimate of drug-likeness (QED) is 0.144. The molecule has 0 N–H and O–H groups in total. The first-order valence-electron chi connectivity index (χ1n) is 23.5. The molecule has 4 unspecified atom stereocenters.